The van der Waals surface area contributed by atoms with Crippen LogP contribution in [0.2, 0.25) is 0 Å². The fourth-order valence-corrected chi connectivity index (χ4v) is 3.06. The quantitative estimate of drug-likeness (QED) is 0.916. The van der Waals surface area contributed by atoms with Gasteiger partial charge in [-0.1, -0.05) is 26.0 Å². The van der Waals surface area contributed by atoms with Crippen molar-refractivity contribution in [3.63, 3.8) is 0 Å². The second-order valence-corrected chi connectivity index (χ2v) is 5.83. The van der Waals surface area contributed by atoms with Crippen molar-refractivity contribution in [2.24, 2.45) is 5.92 Å². The first-order valence-corrected chi connectivity index (χ1v) is 7.38. The molecule has 1 N–H and O–H groups in total. The Morgan fingerprint density at radius 1 is 1.45 bits per heavy atom. The van der Waals surface area contributed by atoms with Gasteiger partial charge in [-0.25, -0.2) is 0 Å². The predicted molar refractivity (Wildman–Crippen MR) is 77.4 cm³/mol. The van der Waals surface area contributed by atoms with Crippen LogP contribution in [-0.2, 0) is 4.79 Å². The van der Waals surface area contributed by atoms with Crippen molar-refractivity contribution in [3.8, 4) is 5.75 Å². The van der Waals surface area contributed by atoms with E-state index in [1.54, 1.807) is 7.11 Å². The van der Waals surface area contributed by atoms with Crippen LogP contribution in [0.1, 0.15) is 38.4 Å². The molecular weight excluding hydrogens is 252 g/mol. The van der Waals surface area contributed by atoms with Crippen molar-refractivity contribution in [2.75, 3.05) is 7.11 Å². The molecule has 1 aliphatic carbocycles. The SMILES string of the molecule is CCC1NC(c2cccc(OC)c2)N(C2CC2C)C1=O. The van der Waals surface area contributed by atoms with Crippen LogP contribution in [0.25, 0.3) is 0 Å². The highest BCUT2D eigenvalue weighted by molar-refractivity contribution is 5.85. The zero-order chi connectivity index (χ0) is 14.3. The van der Waals surface area contributed by atoms with E-state index in [9.17, 15) is 4.79 Å². The molecule has 2 aliphatic rings. The number of carbonyl (C=O) groups is 1. The smallest absolute Gasteiger partial charge is 0.241 e. The van der Waals surface area contributed by atoms with Gasteiger partial charge < -0.3 is 9.64 Å². The van der Waals surface area contributed by atoms with Gasteiger partial charge in [0.25, 0.3) is 0 Å². The monoisotopic (exact) mass is 274 g/mol. The number of benzene rings is 1. The van der Waals surface area contributed by atoms with E-state index < -0.39 is 0 Å². The fourth-order valence-electron chi connectivity index (χ4n) is 3.06. The third-order valence-electron chi connectivity index (χ3n) is 4.43. The van der Waals surface area contributed by atoms with Gasteiger partial charge in [0.1, 0.15) is 11.9 Å². The van der Waals surface area contributed by atoms with Gasteiger partial charge in [0.05, 0.1) is 13.2 Å². The standard InChI is InChI=1S/C16H22N2O2/c1-4-13-16(19)18(14-8-10(14)2)15(17-13)11-6-5-7-12(9-11)20-3/h5-7,9-10,13-15,17H,4,8H2,1-3H3. The van der Waals surface area contributed by atoms with E-state index in [-0.39, 0.29) is 18.1 Å². The van der Waals surface area contributed by atoms with Crippen molar-refractivity contribution in [1.82, 2.24) is 10.2 Å². The lowest BCUT2D eigenvalue weighted by atomic mass is 10.1. The number of rotatable bonds is 4. The van der Waals surface area contributed by atoms with Gasteiger partial charge in [-0.05, 0) is 36.5 Å². The summed E-state index contributed by atoms with van der Waals surface area (Å²) in [6.07, 6.45) is 1.93. The molecular formula is C16H22N2O2. The molecule has 4 atom stereocenters. The molecule has 4 nitrogen and oxygen atoms in total. The second-order valence-electron chi connectivity index (χ2n) is 5.83. The van der Waals surface area contributed by atoms with E-state index in [1.165, 1.54) is 0 Å². The molecule has 0 bridgehead atoms. The number of nitrogens with zero attached hydrogens (tertiary/aromatic N) is 1. The molecule has 0 aromatic heterocycles. The highest BCUT2D eigenvalue weighted by Gasteiger charge is 2.49. The van der Waals surface area contributed by atoms with E-state index in [2.05, 4.69) is 25.2 Å². The van der Waals surface area contributed by atoms with Gasteiger partial charge in [-0.15, -0.1) is 0 Å². The average Bonchev–Trinajstić information content (AvgIpc) is 3.09. The normalized spacial score (nSPS) is 32.5. The second kappa shape index (κ2) is 5.09. The maximum atomic E-state index is 12.5. The first-order chi connectivity index (χ1) is 9.65. The number of methoxy groups -OCH3 is 1. The summed E-state index contributed by atoms with van der Waals surface area (Å²) >= 11 is 0. The van der Waals surface area contributed by atoms with Crippen LogP contribution in [0.3, 0.4) is 0 Å². The Morgan fingerprint density at radius 3 is 2.80 bits per heavy atom. The summed E-state index contributed by atoms with van der Waals surface area (Å²) in [6, 6.07) is 8.33. The Labute approximate surface area is 120 Å². The zero-order valence-corrected chi connectivity index (χ0v) is 12.3. The van der Waals surface area contributed by atoms with Crippen LogP contribution in [0.15, 0.2) is 24.3 Å². The number of amides is 1. The maximum Gasteiger partial charge on any atom is 0.241 e. The number of hydrogen-bond donors (Lipinski definition) is 1. The molecule has 1 saturated carbocycles. The van der Waals surface area contributed by atoms with E-state index in [1.807, 2.05) is 23.1 Å². The number of ether oxygens (including phenoxy) is 1. The van der Waals surface area contributed by atoms with Crippen LogP contribution in [0.4, 0.5) is 0 Å². The molecule has 3 rings (SSSR count). The first-order valence-electron chi connectivity index (χ1n) is 7.38. The van der Waals surface area contributed by atoms with Crippen LogP contribution in [0.5, 0.6) is 5.75 Å². The Morgan fingerprint density at radius 2 is 2.20 bits per heavy atom. The Bertz CT molecular complexity index is 517. The van der Waals surface area contributed by atoms with Crippen LogP contribution < -0.4 is 10.1 Å². The van der Waals surface area contributed by atoms with Gasteiger partial charge >= 0.3 is 0 Å². The molecule has 0 spiro atoms. The maximum absolute atomic E-state index is 12.5. The molecule has 2 fully saturated rings. The van der Waals surface area contributed by atoms with E-state index in [4.69, 9.17) is 4.74 Å². The summed E-state index contributed by atoms with van der Waals surface area (Å²) in [7, 11) is 1.67. The molecule has 1 aromatic carbocycles. The average molecular weight is 274 g/mol. The molecule has 108 valence electrons. The molecule has 0 radical (unpaired) electrons. The lowest BCUT2D eigenvalue weighted by molar-refractivity contribution is -0.130. The van der Waals surface area contributed by atoms with Gasteiger partial charge in [0.2, 0.25) is 5.91 Å². The molecule has 4 unspecified atom stereocenters. The highest BCUT2D eigenvalue weighted by atomic mass is 16.5. The summed E-state index contributed by atoms with van der Waals surface area (Å²) < 4.78 is 5.30. The largest absolute Gasteiger partial charge is 0.497 e. The fraction of sp³-hybridized carbons (Fsp3) is 0.562. The highest BCUT2D eigenvalue weighted by Crippen LogP contribution is 2.42. The lowest BCUT2D eigenvalue weighted by Crippen LogP contribution is -2.33. The van der Waals surface area contributed by atoms with Crippen molar-refractivity contribution in [3.05, 3.63) is 29.8 Å². The first kappa shape index (κ1) is 13.4. The summed E-state index contributed by atoms with van der Waals surface area (Å²) in [6.45, 7) is 4.26. The van der Waals surface area contributed by atoms with Crippen molar-refractivity contribution >= 4 is 5.91 Å². The van der Waals surface area contributed by atoms with Gasteiger partial charge in [-0.3, -0.25) is 10.1 Å². The molecule has 1 amide bonds. The minimum Gasteiger partial charge on any atom is -0.497 e. The minimum absolute atomic E-state index is 0.0162. The topological polar surface area (TPSA) is 41.6 Å². The lowest BCUT2D eigenvalue weighted by Gasteiger charge is -2.25. The number of carbonyl (C=O) groups excluding carboxylic acids is 1. The van der Waals surface area contributed by atoms with Crippen LogP contribution in [0, 0.1) is 5.92 Å². The Hall–Kier alpha value is -1.55. The summed E-state index contributed by atoms with van der Waals surface area (Å²) in [4.78, 5) is 14.6. The van der Waals surface area contributed by atoms with Gasteiger partial charge in [-0.2, -0.15) is 0 Å². The van der Waals surface area contributed by atoms with Crippen molar-refractivity contribution in [2.45, 2.75) is 44.9 Å². The van der Waals surface area contributed by atoms with Crippen LogP contribution >= 0.6 is 0 Å². The third kappa shape index (κ3) is 2.18. The minimum atomic E-state index is -0.0565. The Balaban J connectivity index is 1.91. The summed E-state index contributed by atoms with van der Waals surface area (Å²) in [5, 5.41) is 3.47. The van der Waals surface area contributed by atoms with Gasteiger partial charge in [0, 0.05) is 6.04 Å². The molecule has 1 heterocycles. The number of hydrogen-bond acceptors (Lipinski definition) is 3. The van der Waals surface area contributed by atoms with E-state index >= 15 is 0 Å². The third-order valence-corrected chi connectivity index (χ3v) is 4.43. The van der Waals surface area contributed by atoms with E-state index in [0.29, 0.717) is 12.0 Å². The summed E-state index contributed by atoms with van der Waals surface area (Å²) in [5.41, 5.74) is 1.10. The molecule has 4 heteroatoms. The van der Waals surface area contributed by atoms with Crippen LogP contribution in [-0.4, -0.2) is 30.0 Å². The van der Waals surface area contributed by atoms with E-state index in [0.717, 1.165) is 24.2 Å². The molecule has 20 heavy (non-hydrogen) atoms. The zero-order valence-electron chi connectivity index (χ0n) is 12.3. The number of nitrogens with one attached hydrogen (secondary N) is 1. The van der Waals surface area contributed by atoms with Gasteiger partial charge in [0.15, 0.2) is 0 Å². The molecule has 1 aromatic rings. The molecule has 1 aliphatic heterocycles. The Kier molecular flexibility index (Phi) is 3.42. The van der Waals surface area contributed by atoms with Crippen molar-refractivity contribution < 1.29 is 9.53 Å². The molecule has 1 saturated heterocycles. The summed E-state index contributed by atoms with van der Waals surface area (Å²) in [5.74, 6) is 1.69. The van der Waals surface area contributed by atoms with Crippen molar-refractivity contribution in [1.29, 1.82) is 0 Å². The predicted octanol–water partition coefficient (Wildman–Crippen LogP) is 2.31.